The first-order valence-electron chi connectivity index (χ1n) is 10.5. The summed E-state index contributed by atoms with van der Waals surface area (Å²) in [5, 5.41) is 17.4. The largest absolute Gasteiger partial charge is 0.457 e. The summed E-state index contributed by atoms with van der Waals surface area (Å²) >= 11 is 0. The Kier molecular flexibility index (Phi) is 7.07. The Morgan fingerprint density at radius 2 is 1.55 bits per heavy atom. The number of para-hydroxylation sites is 1. The lowest BCUT2D eigenvalue weighted by atomic mass is 10.2. The van der Waals surface area contributed by atoms with Gasteiger partial charge in [-0.05, 0) is 73.2 Å². The van der Waals surface area contributed by atoms with Crippen LogP contribution < -0.4 is 20.7 Å². The van der Waals surface area contributed by atoms with Crippen molar-refractivity contribution in [2.75, 3.05) is 23.7 Å². The maximum Gasteiger partial charge on any atom is 0.251 e. The highest BCUT2D eigenvalue weighted by Crippen LogP contribution is 2.21. The fraction of sp³-hybridized carbons (Fsp3) is 0.120. The maximum absolute atomic E-state index is 12.3. The quantitative estimate of drug-likeness (QED) is 0.328. The molecule has 3 N–H and O–H groups in total. The van der Waals surface area contributed by atoms with Gasteiger partial charge in [-0.1, -0.05) is 18.2 Å². The molecule has 2 aromatic heterocycles. The van der Waals surface area contributed by atoms with Gasteiger partial charge >= 0.3 is 0 Å². The van der Waals surface area contributed by atoms with E-state index in [1.54, 1.807) is 30.5 Å². The standard InChI is InChI=1S/C25H24N6O2/c1-18-13-14-26-24(17-18)29-23-12-11-22(30-31-23)27-15-16-28-25(32)19-7-9-21(10-8-19)33-20-5-3-2-4-6-20/h2-14,17H,15-16H2,1H3,(H,27,30)(H,28,32)(H,26,29,31). The monoisotopic (exact) mass is 440 g/mol. The third-order valence-corrected chi connectivity index (χ3v) is 4.65. The van der Waals surface area contributed by atoms with Crippen molar-refractivity contribution in [2.24, 2.45) is 0 Å². The molecule has 8 nitrogen and oxygen atoms in total. The molecule has 166 valence electrons. The van der Waals surface area contributed by atoms with Gasteiger partial charge in [-0.2, -0.15) is 0 Å². The van der Waals surface area contributed by atoms with Gasteiger partial charge in [0.25, 0.3) is 5.91 Å². The Labute approximate surface area is 192 Å². The van der Waals surface area contributed by atoms with E-state index in [1.165, 1.54) is 0 Å². The average Bonchev–Trinajstić information content (AvgIpc) is 2.84. The molecule has 0 aliphatic heterocycles. The number of aromatic nitrogens is 3. The fourth-order valence-corrected chi connectivity index (χ4v) is 3.00. The molecule has 0 aliphatic rings. The molecule has 33 heavy (non-hydrogen) atoms. The highest BCUT2D eigenvalue weighted by Gasteiger charge is 2.06. The number of pyridine rings is 1. The highest BCUT2D eigenvalue weighted by atomic mass is 16.5. The first-order chi connectivity index (χ1) is 16.2. The Morgan fingerprint density at radius 3 is 2.27 bits per heavy atom. The molecule has 0 saturated heterocycles. The number of hydrogen-bond donors (Lipinski definition) is 3. The van der Waals surface area contributed by atoms with E-state index in [2.05, 4.69) is 31.1 Å². The summed E-state index contributed by atoms with van der Waals surface area (Å²) in [6.45, 7) is 2.96. The van der Waals surface area contributed by atoms with Crippen LogP contribution in [-0.4, -0.2) is 34.2 Å². The molecule has 0 fully saturated rings. The molecule has 4 rings (SSSR count). The minimum atomic E-state index is -0.153. The smallest absolute Gasteiger partial charge is 0.251 e. The molecule has 0 unspecified atom stereocenters. The first kappa shape index (κ1) is 21.8. The molecule has 1 amide bonds. The lowest BCUT2D eigenvalue weighted by molar-refractivity contribution is 0.0955. The molecule has 2 heterocycles. The molecule has 0 bridgehead atoms. The fourth-order valence-electron chi connectivity index (χ4n) is 3.00. The van der Waals surface area contributed by atoms with Crippen molar-refractivity contribution in [3.8, 4) is 11.5 Å². The average molecular weight is 441 g/mol. The van der Waals surface area contributed by atoms with E-state index in [9.17, 15) is 4.79 Å². The highest BCUT2D eigenvalue weighted by molar-refractivity contribution is 5.94. The summed E-state index contributed by atoms with van der Waals surface area (Å²) in [5.41, 5.74) is 1.67. The van der Waals surface area contributed by atoms with E-state index in [1.807, 2.05) is 61.5 Å². The number of rotatable bonds is 9. The number of benzene rings is 2. The third kappa shape index (κ3) is 6.51. The summed E-state index contributed by atoms with van der Waals surface area (Å²) in [4.78, 5) is 16.6. The van der Waals surface area contributed by atoms with Crippen molar-refractivity contribution in [1.29, 1.82) is 0 Å². The van der Waals surface area contributed by atoms with Gasteiger partial charge in [-0.3, -0.25) is 4.79 Å². The van der Waals surface area contributed by atoms with Crippen molar-refractivity contribution in [1.82, 2.24) is 20.5 Å². The van der Waals surface area contributed by atoms with Crippen molar-refractivity contribution < 1.29 is 9.53 Å². The molecule has 0 spiro atoms. The summed E-state index contributed by atoms with van der Waals surface area (Å²) in [6, 6.07) is 24.0. The third-order valence-electron chi connectivity index (χ3n) is 4.65. The summed E-state index contributed by atoms with van der Waals surface area (Å²) in [7, 11) is 0. The van der Waals surface area contributed by atoms with Gasteiger partial charge in [-0.25, -0.2) is 4.98 Å². The van der Waals surface area contributed by atoms with E-state index in [0.29, 0.717) is 41.9 Å². The number of carbonyl (C=O) groups excluding carboxylic acids is 1. The summed E-state index contributed by atoms with van der Waals surface area (Å²) < 4.78 is 5.74. The van der Waals surface area contributed by atoms with Gasteiger partial charge in [0.15, 0.2) is 5.82 Å². The van der Waals surface area contributed by atoms with Crippen LogP contribution in [0.25, 0.3) is 0 Å². The minimum absolute atomic E-state index is 0.153. The second-order valence-electron chi connectivity index (χ2n) is 7.27. The van der Waals surface area contributed by atoms with Gasteiger partial charge in [0.05, 0.1) is 0 Å². The van der Waals surface area contributed by atoms with Crippen molar-refractivity contribution in [3.63, 3.8) is 0 Å². The predicted octanol–water partition coefficient (Wildman–Crippen LogP) is 4.56. The van der Waals surface area contributed by atoms with Crippen molar-refractivity contribution in [3.05, 3.63) is 96.2 Å². The number of carbonyl (C=O) groups is 1. The van der Waals surface area contributed by atoms with E-state index >= 15 is 0 Å². The van der Waals surface area contributed by atoms with Crippen LogP contribution in [-0.2, 0) is 0 Å². The topological polar surface area (TPSA) is 101 Å². The van der Waals surface area contributed by atoms with Gasteiger partial charge in [-0.15, -0.1) is 10.2 Å². The molecular weight excluding hydrogens is 416 g/mol. The van der Waals surface area contributed by atoms with Crippen LogP contribution in [0.15, 0.2) is 85.1 Å². The molecule has 0 atom stereocenters. The molecule has 0 aliphatic carbocycles. The predicted molar refractivity (Wildman–Crippen MR) is 128 cm³/mol. The Morgan fingerprint density at radius 1 is 0.818 bits per heavy atom. The first-order valence-corrected chi connectivity index (χ1v) is 10.5. The van der Waals surface area contributed by atoms with Gasteiger partial charge in [0, 0.05) is 24.8 Å². The maximum atomic E-state index is 12.3. The number of aryl methyl sites for hydroxylation is 1. The normalized spacial score (nSPS) is 10.3. The zero-order chi connectivity index (χ0) is 22.9. The van der Waals surface area contributed by atoms with E-state index in [-0.39, 0.29) is 5.91 Å². The second kappa shape index (κ2) is 10.7. The summed E-state index contributed by atoms with van der Waals surface area (Å²) in [5.74, 6) is 3.21. The Hall–Kier alpha value is -4.46. The van der Waals surface area contributed by atoms with Gasteiger partial charge in [0.2, 0.25) is 0 Å². The van der Waals surface area contributed by atoms with Crippen LogP contribution >= 0.6 is 0 Å². The number of amides is 1. The lowest BCUT2D eigenvalue weighted by Crippen LogP contribution is -2.28. The van der Waals surface area contributed by atoms with Gasteiger partial charge in [0.1, 0.15) is 23.1 Å². The number of anilines is 3. The second-order valence-corrected chi connectivity index (χ2v) is 7.27. The number of nitrogens with one attached hydrogen (secondary N) is 3. The van der Waals surface area contributed by atoms with E-state index in [4.69, 9.17) is 4.74 Å². The van der Waals surface area contributed by atoms with Crippen LogP contribution in [0, 0.1) is 6.92 Å². The Bertz CT molecular complexity index is 1180. The van der Waals surface area contributed by atoms with Crippen LogP contribution in [0.4, 0.5) is 17.5 Å². The number of ether oxygens (including phenoxy) is 1. The lowest BCUT2D eigenvalue weighted by Gasteiger charge is -2.09. The Balaban J connectivity index is 1.20. The van der Waals surface area contributed by atoms with Crippen molar-refractivity contribution >= 4 is 23.4 Å². The summed E-state index contributed by atoms with van der Waals surface area (Å²) in [6.07, 6.45) is 1.74. The molecular formula is C25H24N6O2. The van der Waals surface area contributed by atoms with Crippen LogP contribution in [0.3, 0.4) is 0 Å². The van der Waals surface area contributed by atoms with E-state index in [0.717, 1.165) is 11.3 Å². The zero-order valence-electron chi connectivity index (χ0n) is 18.2. The molecule has 0 radical (unpaired) electrons. The van der Waals surface area contributed by atoms with Crippen LogP contribution in [0.1, 0.15) is 15.9 Å². The van der Waals surface area contributed by atoms with E-state index < -0.39 is 0 Å². The van der Waals surface area contributed by atoms with Crippen LogP contribution in [0.2, 0.25) is 0 Å². The SMILES string of the molecule is Cc1ccnc(Nc2ccc(NCCNC(=O)c3ccc(Oc4ccccc4)cc3)nn2)c1. The number of hydrogen-bond acceptors (Lipinski definition) is 7. The molecule has 0 saturated carbocycles. The van der Waals surface area contributed by atoms with Gasteiger partial charge < -0.3 is 20.7 Å². The molecule has 2 aromatic carbocycles. The van der Waals surface area contributed by atoms with Crippen LogP contribution in [0.5, 0.6) is 11.5 Å². The molecule has 4 aromatic rings. The minimum Gasteiger partial charge on any atom is -0.457 e. The zero-order valence-corrected chi connectivity index (χ0v) is 18.2. The number of nitrogens with zero attached hydrogens (tertiary/aromatic N) is 3. The van der Waals surface area contributed by atoms with Crippen molar-refractivity contribution in [2.45, 2.75) is 6.92 Å². The molecule has 8 heteroatoms.